The molecule has 2 heterocycles. The summed E-state index contributed by atoms with van der Waals surface area (Å²) in [6.07, 6.45) is 2.06. The van der Waals surface area contributed by atoms with Crippen LogP contribution in [0.2, 0.25) is 0 Å². The molecule has 1 fully saturated rings. The van der Waals surface area contributed by atoms with Gasteiger partial charge in [-0.2, -0.15) is 5.10 Å². The summed E-state index contributed by atoms with van der Waals surface area (Å²) in [6.45, 7) is 2.59. The van der Waals surface area contributed by atoms with Crippen molar-refractivity contribution in [1.29, 1.82) is 0 Å². The number of amides is 1. The van der Waals surface area contributed by atoms with Gasteiger partial charge in [0.1, 0.15) is 0 Å². The molecule has 2 aromatic heterocycles. The standard InChI is InChI=1S/C17H26N6O4/c1-10-20-23-17(27-10)19-14-5-4-11(6-15(14)26-3)16(24)18-8-12-7-13(9-25-2)22-21-12/h7,11,14-15H,4-6,8-9H2,1-3H3,(H,18,24)(H,19,23)(H,21,22)/t11-,14+,15+/m0/s1. The minimum Gasteiger partial charge on any atom is -0.408 e. The molecule has 0 aromatic carbocycles. The van der Waals surface area contributed by atoms with Crippen molar-refractivity contribution in [1.82, 2.24) is 25.7 Å². The Bertz CT molecular complexity index is 745. The number of nitrogens with zero attached hydrogens (tertiary/aromatic N) is 3. The van der Waals surface area contributed by atoms with E-state index in [0.717, 1.165) is 24.2 Å². The Kier molecular flexibility index (Phi) is 6.40. The van der Waals surface area contributed by atoms with Gasteiger partial charge in [-0.25, -0.2) is 0 Å². The normalized spacial score (nSPS) is 22.6. The molecule has 0 unspecified atom stereocenters. The first-order chi connectivity index (χ1) is 13.1. The number of carbonyl (C=O) groups is 1. The summed E-state index contributed by atoms with van der Waals surface area (Å²) in [4.78, 5) is 12.5. The van der Waals surface area contributed by atoms with Crippen molar-refractivity contribution in [2.45, 2.75) is 51.5 Å². The van der Waals surface area contributed by atoms with Gasteiger partial charge in [0.25, 0.3) is 0 Å². The van der Waals surface area contributed by atoms with Crippen LogP contribution in [0.15, 0.2) is 10.5 Å². The molecular weight excluding hydrogens is 352 g/mol. The zero-order chi connectivity index (χ0) is 19.2. The molecule has 3 N–H and O–H groups in total. The first-order valence-electron chi connectivity index (χ1n) is 8.98. The first kappa shape index (κ1) is 19.3. The number of hydrogen-bond donors (Lipinski definition) is 3. The maximum absolute atomic E-state index is 12.5. The van der Waals surface area contributed by atoms with Crippen molar-refractivity contribution in [2.24, 2.45) is 5.92 Å². The van der Waals surface area contributed by atoms with E-state index in [1.807, 2.05) is 6.07 Å². The largest absolute Gasteiger partial charge is 0.408 e. The highest BCUT2D eigenvalue weighted by molar-refractivity contribution is 5.78. The van der Waals surface area contributed by atoms with Crippen LogP contribution in [-0.2, 0) is 27.4 Å². The van der Waals surface area contributed by atoms with Crippen molar-refractivity contribution in [2.75, 3.05) is 19.5 Å². The van der Waals surface area contributed by atoms with Gasteiger partial charge in [-0.1, -0.05) is 5.10 Å². The predicted molar refractivity (Wildman–Crippen MR) is 95.7 cm³/mol. The lowest BCUT2D eigenvalue weighted by atomic mass is 9.83. The first-order valence-corrected chi connectivity index (χ1v) is 8.98. The van der Waals surface area contributed by atoms with Gasteiger partial charge in [-0.05, 0) is 25.3 Å². The zero-order valence-electron chi connectivity index (χ0n) is 15.8. The highest BCUT2D eigenvalue weighted by atomic mass is 16.5. The molecule has 0 radical (unpaired) electrons. The molecule has 3 atom stereocenters. The van der Waals surface area contributed by atoms with E-state index in [4.69, 9.17) is 13.9 Å². The van der Waals surface area contributed by atoms with E-state index in [0.29, 0.717) is 31.5 Å². The molecule has 3 rings (SSSR count). The van der Waals surface area contributed by atoms with E-state index in [2.05, 4.69) is 31.0 Å². The van der Waals surface area contributed by atoms with Crippen LogP contribution in [0.25, 0.3) is 0 Å². The van der Waals surface area contributed by atoms with Gasteiger partial charge in [-0.15, -0.1) is 5.10 Å². The topological polar surface area (TPSA) is 127 Å². The maximum atomic E-state index is 12.5. The number of aromatic amines is 1. The quantitative estimate of drug-likeness (QED) is 0.624. The van der Waals surface area contributed by atoms with Gasteiger partial charge in [0, 0.05) is 27.1 Å². The fourth-order valence-electron chi connectivity index (χ4n) is 3.35. The van der Waals surface area contributed by atoms with Gasteiger partial charge < -0.3 is 24.5 Å². The number of ether oxygens (including phenoxy) is 2. The van der Waals surface area contributed by atoms with Crippen molar-refractivity contribution in [3.8, 4) is 0 Å². The van der Waals surface area contributed by atoms with Crippen molar-refractivity contribution >= 4 is 11.9 Å². The molecule has 1 amide bonds. The number of aromatic nitrogens is 4. The van der Waals surface area contributed by atoms with Crippen LogP contribution >= 0.6 is 0 Å². The van der Waals surface area contributed by atoms with E-state index < -0.39 is 0 Å². The van der Waals surface area contributed by atoms with Crippen LogP contribution in [0.1, 0.15) is 36.5 Å². The lowest BCUT2D eigenvalue weighted by Gasteiger charge is -2.34. The third-order valence-corrected chi connectivity index (χ3v) is 4.73. The Morgan fingerprint density at radius 1 is 1.37 bits per heavy atom. The number of methoxy groups -OCH3 is 2. The van der Waals surface area contributed by atoms with Crippen LogP contribution < -0.4 is 10.6 Å². The van der Waals surface area contributed by atoms with E-state index in [9.17, 15) is 4.79 Å². The summed E-state index contributed by atoms with van der Waals surface area (Å²) in [5, 5.41) is 21.0. The molecule has 1 aliphatic carbocycles. The summed E-state index contributed by atoms with van der Waals surface area (Å²) in [7, 11) is 3.27. The molecule has 1 aliphatic rings. The fraction of sp³-hybridized carbons (Fsp3) is 0.647. The molecule has 27 heavy (non-hydrogen) atoms. The van der Waals surface area contributed by atoms with Crippen LogP contribution in [0.5, 0.6) is 0 Å². The average Bonchev–Trinajstić information content (AvgIpc) is 3.29. The SMILES string of the molecule is COCc1cc(CNC(=O)[C@H]2CC[C@@H](Nc3nnc(C)o3)[C@H](OC)C2)[nH]n1. The number of hydrogen-bond acceptors (Lipinski definition) is 8. The van der Waals surface area contributed by atoms with Crippen molar-refractivity contribution in [3.05, 3.63) is 23.3 Å². The van der Waals surface area contributed by atoms with Gasteiger partial charge >= 0.3 is 6.01 Å². The summed E-state index contributed by atoms with van der Waals surface area (Å²) in [5.41, 5.74) is 1.66. The lowest BCUT2D eigenvalue weighted by molar-refractivity contribution is -0.127. The molecule has 1 saturated carbocycles. The molecule has 2 aromatic rings. The second-order valence-electron chi connectivity index (χ2n) is 6.70. The number of anilines is 1. The lowest BCUT2D eigenvalue weighted by Crippen LogP contribution is -2.44. The Morgan fingerprint density at radius 3 is 2.93 bits per heavy atom. The summed E-state index contributed by atoms with van der Waals surface area (Å²) >= 11 is 0. The second-order valence-corrected chi connectivity index (χ2v) is 6.70. The number of aryl methyl sites for hydroxylation is 1. The molecule has 0 saturated heterocycles. The molecule has 10 nitrogen and oxygen atoms in total. The number of H-pyrrole nitrogens is 1. The van der Waals surface area contributed by atoms with E-state index in [1.165, 1.54) is 0 Å². The highest BCUT2D eigenvalue weighted by Gasteiger charge is 2.34. The van der Waals surface area contributed by atoms with Gasteiger partial charge in [0.05, 0.1) is 36.7 Å². The van der Waals surface area contributed by atoms with E-state index in [-0.39, 0.29) is 24.0 Å². The maximum Gasteiger partial charge on any atom is 0.315 e. The summed E-state index contributed by atoms with van der Waals surface area (Å²) in [5.74, 6) is 0.429. The van der Waals surface area contributed by atoms with Gasteiger partial charge in [-0.3, -0.25) is 9.89 Å². The van der Waals surface area contributed by atoms with Gasteiger partial charge in [0.15, 0.2) is 0 Å². The minimum atomic E-state index is -0.109. The van der Waals surface area contributed by atoms with Crippen LogP contribution in [-0.4, -0.2) is 52.7 Å². The summed E-state index contributed by atoms with van der Waals surface area (Å²) in [6, 6.07) is 2.30. The minimum absolute atomic E-state index is 0.0204. The number of nitrogens with one attached hydrogen (secondary N) is 3. The van der Waals surface area contributed by atoms with Crippen LogP contribution in [0.4, 0.5) is 6.01 Å². The number of carbonyl (C=O) groups excluding carboxylic acids is 1. The van der Waals surface area contributed by atoms with Crippen LogP contribution in [0, 0.1) is 12.8 Å². The molecular formula is C17H26N6O4. The van der Waals surface area contributed by atoms with E-state index in [1.54, 1.807) is 21.1 Å². The van der Waals surface area contributed by atoms with Crippen molar-refractivity contribution < 1.29 is 18.7 Å². The molecule has 0 spiro atoms. The third-order valence-electron chi connectivity index (χ3n) is 4.73. The molecule has 0 bridgehead atoms. The van der Waals surface area contributed by atoms with Gasteiger partial charge in [0.2, 0.25) is 11.8 Å². The average molecular weight is 378 g/mol. The Labute approximate surface area is 157 Å². The summed E-state index contributed by atoms with van der Waals surface area (Å²) < 4.78 is 16.0. The smallest absolute Gasteiger partial charge is 0.315 e. The van der Waals surface area contributed by atoms with Crippen LogP contribution in [0.3, 0.4) is 0 Å². The molecule has 10 heteroatoms. The Hall–Kier alpha value is -2.46. The fourth-order valence-corrected chi connectivity index (χ4v) is 3.35. The molecule has 0 aliphatic heterocycles. The highest BCUT2D eigenvalue weighted by Crippen LogP contribution is 2.28. The second kappa shape index (κ2) is 8.96. The predicted octanol–water partition coefficient (Wildman–Crippen LogP) is 1.16. The van der Waals surface area contributed by atoms with E-state index >= 15 is 0 Å². The zero-order valence-corrected chi connectivity index (χ0v) is 15.8. The monoisotopic (exact) mass is 378 g/mol. The van der Waals surface area contributed by atoms with Crippen molar-refractivity contribution in [3.63, 3.8) is 0 Å². The number of rotatable bonds is 8. The Balaban J connectivity index is 1.49. The third kappa shape index (κ3) is 5.04. The molecule has 148 valence electrons. The Morgan fingerprint density at radius 2 is 2.22 bits per heavy atom.